The predicted octanol–water partition coefficient (Wildman–Crippen LogP) is 3.91. The van der Waals surface area contributed by atoms with E-state index in [1.807, 2.05) is 17.5 Å². The van der Waals surface area contributed by atoms with E-state index >= 15 is 0 Å². The summed E-state index contributed by atoms with van der Waals surface area (Å²) in [6.45, 7) is -0.323. The van der Waals surface area contributed by atoms with Crippen LogP contribution >= 0.6 is 11.3 Å². The van der Waals surface area contributed by atoms with Crippen LogP contribution < -0.4 is 20.3 Å². The van der Waals surface area contributed by atoms with E-state index in [1.165, 1.54) is 35.7 Å². The van der Waals surface area contributed by atoms with E-state index in [0.29, 0.717) is 16.3 Å². The first-order valence-corrected chi connectivity index (χ1v) is 12.1. The summed E-state index contributed by atoms with van der Waals surface area (Å²) in [7, 11) is 1.51. The van der Waals surface area contributed by atoms with Crippen molar-refractivity contribution in [2.24, 2.45) is 0 Å². The van der Waals surface area contributed by atoms with Crippen LogP contribution in [0, 0.1) is 0 Å². The molecule has 2 N–H and O–H groups in total. The second kappa shape index (κ2) is 11.0. The van der Waals surface area contributed by atoms with Crippen LogP contribution in [0.2, 0.25) is 0 Å². The number of nitrogens with one attached hydrogen (secondary N) is 2. The molecule has 0 radical (unpaired) electrons. The Hall–Kier alpha value is -3.59. The quantitative estimate of drug-likeness (QED) is 0.483. The number of methoxy groups -OCH3 is 1. The number of carbonyl (C=O) groups excluding carboxylic acids is 3. The van der Waals surface area contributed by atoms with Gasteiger partial charge >= 0.3 is 0 Å². The van der Waals surface area contributed by atoms with Crippen molar-refractivity contribution in [3.8, 4) is 5.75 Å². The van der Waals surface area contributed by atoms with E-state index in [0.717, 1.165) is 25.7 Å². The molecule has 1 aromatic carbocycles. The summed E-state index contributed by atoms with van der Waals surface area (Å²) in [5.41, 5.74) is 0.446. The topological polar surface area (TPSA) is 101 Å². The molecule has 9 heteroatoms. The molecule has 0 aliphatic heterocycles. The van der Waals surface area contributed by atoms with Crippen LogP contribution in [0.3, 0.4) is 0 Å². The summed E-state index contributed by atoms with van der Waals surface area (Å²) in [6, 6.07) is 13.0. The fraction of sp³-hybridized carbons (Fsp3) is 0.320. The zero-order valence-electron chi connectivity index (χ0n) is 18.9. The van der Waals surface area contributed by atoms with Gasteiger partial charge in [0, 0.05) is 10.9 Å². The molecule has 1 aliphatic carbocycles. The van der Waals surface area contributed by atoms with Crippen molar-refractivity contribution in [2.45, 2.75) is 37.8 Å². The lowest BCUT2D eigenvalue weighted by Crippen LogP contribution is -2.49. The molecule has 1 aliphatic rings. The number of hydrogen-bond donors (Lipinski definition) is 2. The highest BCUT2D eigenvalue weighted by Gasteiger charge is 2.36. The lowest BCUT2D eigenvalue weighted by Gasteiger charge is -2.32. The Morgan fingerprint density at radius 3 is 2.59 bits per heavy atom. The summed E-state index contributed by atoms with van der Waals surface area (Å²) in [4.78, 5) is 41.7. The molecule has 1 fully saturated rings. The molecule has 8 nitrogen and oxygen atoms in total. The molecule has 1 atom stereocenters. The van der Waals surface area contributed by atoms with E-state index in [2.05, 4.69) is 10.6 Å². The van der Waals surface area contributed by atoms with Gasteiger partial charge in [0.2, 0.25) is 11.8 Å². The summed E-state index contributed by atoms with van der Waals surface area (Å²) in [5, 5.41) is 7.59. The number of rotatable bonds is 9. The lowest BCUT2D eigenvalue weighted by molar-refractivity contribution is -0.126. The maximum Gasteiger partial charge on any atom is 0.287 e. The Morgan fingerprint density at radius 1 is 1.12 bits per heavy atom. The Labute approximate surface area is 201 Å². The number of anilines is 1. The molecular formula is C25H27N3O5S. The Bertz CT molecular complexity index is 1110. The van der Waals surface area contributed by atoms with Crippen LogP contribution in [0.25, 0.3) is 0 Å². The zero-order chi connectivity index (χ0) is 23.9. The number of hydrogen-bond acceptors (Lipinski definition) is 6. The first-order chi connectivity index (χ1) is 16.6. The minimum atomic E-state index is -0.912. The van der Waals surface area contributed by atoms with Gasteiger partial charge in [-0.2, -0.15) is 0 Å². The molecule has 2 aromatic heterocycles. The van der Waals surface area contributed by atoms with Crippen molar-refractivity contribution in [3.05, 3.63) is 70.8 Å². The van der Waals surface area contributed by atoms with Gasteiger partial charge in [0.15, 0.2) is 5.76 Å². The third-order valence-electron chi connectivity index (χ3n) is 5.78. The number of benzene rings is 1. The fourth-order valence-electron chi connectivity index (χ4n) is 4.15. The Kier molecular flexibility index (Phi) is 7.64. The van der Waals surface area contributed by atoms with E-state index in [-0.39, 0.29) is 24.3 Å². The molecule has 3 aromatic rings. The first-order valence-electron chi connectivity index (χ1n) is 11.2. The predicted molar refractivity (Wildman–Crippen MR) is 129 cm³/mol. The summed E-state index contributed by atoms with van der Waals surface area (Å²) in [5.74, 6) is -0.675. The third-order valence-corrected chi connectivity index (χ3v) is 6.70. The van der Waals surface area contributed by atoms with E-state index in [1.54, 1.807) is 30.3 Å². The summed E-state index contributed by atoms with van der Waals surface area (Å²) >= 11 is 1.40. The highest BCUT2D eigenvalue weighted by atomic mass is 32.1. The smallest absolute Gasteiger partial charge is 0.287 e. The van der Waals surface area contributed by atoms with Gasteiger partial charge in [0.05, 0.1) is 25.6 Å². The van der Waals surface area contributed by atoms with E-state index in [9.17, 15) is 14.4 Å². The number of nitrogens with zero attached hydrogens (tertiary/aromatic N) is 1. The van der Waals surface area contributed by atoms with Crippen molar-refractivity contribution < 1.29 is 23.5 Å². The fourth-order valence-corrected chi connectivity index (χ4v) is 4.97. The van der Waals surface area contributed by atoms with Crippen LogP contribution in [0.1, 0.15) is 47.2 Å². The number of furan rings is 1. The van der Waals surface area contributed by atoms with Gasteiger partial charge in [-0.3, -0.25) is 19.3 Å². The normalized spacial score (nSPS) is 14.4. The van der Waals surface area contributed by atoms with Crippen molar-refractivity contribution in [3.63, 3.8) is 0 Å². The standard InChI is InChI=1S/C25H27N3O5S/c1-32-19-11-5-4-10-18(19)28(22(29)16-26-24(30)20-12-6-14-33-20)23(21-13-7-15-34-21)25(31)27-17-8-2-3-9-17/h4-7,10-15,17,23H,2-3,8-9,16H2,1H3,(H,26,30)(H,27,31)/t23-/m1/s1. The number of ether oxygens (including phenoxy) is 1. The second-order valence-corrected chi connectivity index (χ2v) is 8.98. The average molecular weight is 482 g/mol. The maximum atomic E-state index is 13.6. The lowest BCUT2D eigenvalue weighted by atomic mass is 10.1. The molecule has 0 unspecified atom stereocenters. The number of amides is 3. The van der Waals surface area contributed by atoms with Crippen LogP contribution in [-0.2, 0) is 9.59 Å². The molecule has 0 spiro atoms. The summed E-state index contributed by atoms with van der Waals surface area (Å²) in [6.07, 6.45) is 5.37. The molecule has 2 heterocycles. The molecule has 0 bridgehead atoms. The van der Waals surface area contributed by atoms with Gasteiger partial charge in [-0.15, -0.1) is 11.3 Å². The highest BCUT2D eigenvalue weighted by Crippen LogP contribution is 2.36. The van der Waals surface area contributed by atoms with Crippen molar-refractivity contribution >= 4 is 34.7 Å². The molecule has 178 valence electrons. The third kappa shape index (κ3) is 5.31. The van der Waals surface area contributed by atoms with E-state index in [4.69, 9.17) is 9.15 Å². The van der Waals surface area contributed by atoms with Crippen LogP contribution in [0.5, 0.6) is 5.75 Å². The van der Waals surface area contributed by atoms with Crippen molar-refractivity contribution in [1.82, 2.24) is 10.6 Å². The van der Waals surface area contributed by atoms with E-state index < -0.39 is 17.9 Å². The molecule has 4 rings (SSSR count). The van der Waals surface area contributed by atoms with Crippen LogP contribution in [0.15, 0.2) is 64.6 Å². The van der Waals surface area contributed by atoms with Gasteiger partial charge in [-0.05, 0) is 48.6 Å². The van der Waals surface area contributed by atoms with Crippen LogP contribution in [0.4, 0.5) is 5.69 Å². The SMILES string of the molecule is COc1ccccc1N(C(=O)CNC(=O)c1ccco1)[C@@H](C(=O)NC1CCCC1)c1cccs1. The zero-order valence-corrected chi connectivity index (χ0v) is 19.7. The Morgan fingerprint density at radius 2 is 1.91 bits per heavy atom. The number of carbonyl (C=O) groups is 3. The first kappa shape index (κ1) is 23.6. The van der Waals surface area contributed by atoms with Gasteiger partial charge in [0.25, 0.3) is 5.91 Å². The van der Waals surface area contributed by atoms with Gasteiger partial charge < -0.3 is 19.8 Å². The Balaban J connectivity index is 1.67. The average Bonchev–Trinajstić information content (AvgIpc) is 3.64. The molecule has 0 saturated heterocycles. The largest absolute Gasteiger partial charge is 0.495 e. The van der Waals surface area contributed by atoms with Gasteiger partial charge in [0.1, 0.15) is 11.8 Å². The minimum Gasteiger partial charge on any atom is -0.495 e. The van der Waals surface area contributed by atoms with Gasteiger partial charge in [-0.25, -0.2) is 0 Å². The van der Waals surface area contributed by atoms with Crippen molar-refractivity contribution in [2.75, 3.05) is 18.6 Å². The highest BCUT2D eigenvalue weighted by molar-refractivity contribution is 7.10. The summed E-state index contributed by atoms with van der Waals surface area (Å²) < 4.78 is 10.6. The second-order valence-electron chi connectivity index (χ2n) is 8.00. The molecular weight excluding hydrogens is 454 g/mol. The molecule has 34 heavy (non-hydrogen) atoms. The number of para-hydroxylation sites is 2. The minimum absolute atomic E-state index is 0.0863. The maximum absolute atomic E-state index is 13.6. The van der Waals surface area contributed by atoms with Gasteiger partial charge in [-0.1, -0.05) is 31.0 Å². The number of thiophene rings is 1. The van der Waals surface area contributed by atoms with Crippen molar-refractivity contribution in [1.29, 1.82) is 0 Å². The van der Waals surface area contributed by atoms with Crippen LogP contribution in [-0.4, -0.2) is 37.4 Å². The molecule has 1 saturated carbocycles. The monoisotopic (exact) mass is 481 g/mol. The molecule has 3 amide bonds.